The number of aliphatic hydroxyl groups is 1. The van der Waals surface area contributed by atoms with Crippen molar-refractivity contribution in [2.45, 2.75) is 32.3 Å². The van der Waals surface area contributed by atoms with Gasteiger partial charge < -0.3 is 5.11 Å². The first-order valence-electron chi connectivity index (χ1n) is 12.0. The van der Waals surface area contributed by atoms with Gasteiger partial charge in [0.2, 0.25) is 0 Å². The Labute approximate surface area is 215 Å². The molecule has 0 aliphatic heterocycles. The highest BCUT2D eigenvalue weighted by Gasteiger charge is 2.19. The van der Waals surface area contributed by atoms with Crippen LogP contribution in [0.15, 0.2) is 91.5 Å². The highest BCUT2D eigenvalue weighted by molar-refractivity contribution is 5.29. The molecule has 0 aliphatic carbocycles. The van der Waals surface area contributed by atoms with Crippen LogP contribution < -0.4 is 0 Å². The van der Waals surface area contributed by atoms with Crippen LogP contribution in [0.5, 0.6) is 0 Å². The molecule has 37 heavy (non-hydrogen) atoms. The van der Waals surface area contributed by atoms with Gasteiger partial charge in [-0.15, -0.1) is 0 Å². The lowest BCUT2D eigenvalue weighted by Crippen LogP contribution is -2.40. The maximum atomic E-state index is 11.2. The van der Waals surface area contributed by atoms with Crippen LogP contribution in [-0.2, 0) is 26.2 Å². The number of hydrogen-bond donors (Lipinski definition) is 1. The van der Waals surface area contributed by atoms with E-state index < -0.39 is 11.0 Å². The van der Waals surface area contributed by atoms with Gasteiger partial charge in [0.1, 0.15) is 0 Å². The third-order valence-electron chi connectivity index (χ3n) is 5.67. The number of nitro groups is 1. The number of hydrogen-bond acceptors (Lipinski definition) is 9. The predicted molar refractivity (Wildman–Crippen MR) is 138 cm³/mol. The normalized spacial score (nSPS) is 12.1. The van der Waals surface area contributed by atoms with Gasteiger partial charge in [0.15, 0.2) is 0 Å². The summed E-state index contributed by atoms with van der Waals surface area (Å²) in [4.78, 5) is 32.5. The van der Waals surface area contributed by atoms with Crippen molar-refractivity contribution in [3.05, 3.63) is 124 Å². The van der Waals surface area contributed by atoms with E-state index in [1.54, 1.807) is 18.6 Å². The molecule has 0 aliphatic rings. The van der Waals surface area contributed by atoms with Gasteiger partial charge in [-0.25, -0.2) is 0 Å². The van der Waals surface area contributed by atoms with E-state index in [1.165, 1.54) is 18.3 Å². The van der Waals surface area contributed by atoms with Crippen molar-refractivity contribution in [1.29, 1.82) is 0 Å². The van der Waals surface area contributed by atoms with Crippen LogP contribution in [0.3, 0.4) is 0 Å². The standard InChI is InChI=1S/C27H29N7O3/c35-27(20-32(16-22-7-1-4-11-28-22)17-23-8-2-5-12-29-23)21-33(18-24-9-3-6-13-30-24)19-25-15-26(34(36)37)10-14-31-25/h1-15,27,35H,16-21H2. The third kappa shape index (κ3) is 8.50. The Morgan fingerprint density at radius 1 is 0.676 bits per heavy atom. The molecule has 10 nitrogen and oxygen atoms in total. The highest BCUT2D eigenvalue weighted by atomic mass is 16.6. The zero-order valence-electron chi connectivity index (χ0n) is 20.4. The Hall–Kier alpha value is -4.12. The van der Waals surface area contributed by atoms with Gasteiger partial charge in [0, 0.05) is 76.2 Å². The first-order valence-corrected chi connectivity index (χ1v) is 12.0. The van der Waals surface area contributed by atoms with Crippen LogP contribution in [0, 0.1) is 10.1 Å². The third-order valence-corrected chi connectivity index (χ3v) is 5.67. The van der Waals surface area contributed by atoms with Gasteiger partial charge in [-0.05, 0) is 36.4 Å². The minimum atomic E-state index is -0.713. The molecule has 1 atom stereocenters. The van der Waals surface area contributed by atoms with E-state index in [-0.39, 0.29) is 5.69 Å². The molecule has 0 aromatic carbocycles. The molecule has 0 saturated heterocycles. The van der Waals surface area contributed by atoms with Crippen molar-refractivity contribution in [1.82, 2.24) is 29.7 Å². The quantitative estimate of drug-likeness (QED) is 0.218. The first-order chi connectivity index (χ1) is 18.0. The summed E-state index contributed by atoms with van der Waals surface area (Å²) in [5.74, 6) is 0. The SMILES string of the molecule is O=[N+]([O-])c1ccnc(CN(Cc2ccccn2)CC(O)CN(Cc2ccccn2)Cc2ccccn2)c1. The average Bonchev–Trinajstić information content (AvgIpc) is 2.90. The number of rotatable bonds is 13. The molecule has 0 bridgehead atoms. The second kappa shape index (κ2) is 13.3. The topological polar surface area (TPSA) is 121 Å². The van der Waals surface area contributed by atoms with Gasteiger partial charge >= 0.3 is 0 Å². The summed E-state index contributed by atoms with van der Waals surface area (Å²) in [6.07, 6.45) is 5.95. The minimum absolute atomic E-state index is 0.0137. The molecular weight excluding hydrogens is 470 g/mol. The molecule has 4 aromatic heterocycles. The van der Waals surface area contributed by atoms with Crippen LogP contribution in [0.1, 0.15) is 22.8 Å². The van der Waals surface area contributed by atoms with E-state index in [0.29, 0.717) is 45.0 Å². The second-order valence-corrected chi connectivity index (χ2v) is 8.72. The predicted octanol–water partition coefficient (Wildman–Crippen LogP) is 3.24. The van der Waals surface area contributed by atoms with Crippen molar-refractivity contribution in [2.75, 3.05) is 13.1 Å². The molecule has 10 heteroatoms. The second-order valence-electron chi connectivity index (χ2n) is 8.72. The van der Waals surface area contributed by atoms with Crippen LogP contribution in [0.25, 0.3) is 0 Å². The summed E-state index contributed by atoms with van der Waals surface area (Å²) in [6, 6.07) is 20.0. The van der Waals surface area contributed by atoms with Crippen LogP contribution in [-0.4, -0.2) is 59.0 Å². The lowest BCUT2D eigenvalue weighted by Gasteiger charge is -2.29. The zero-order chi connectivity index (χ0) is 25.9. The number of aromatic nitrogens is 4. The molecule has 0 amide bonds. The summed E-state index contributed by atoms with van der Waals surface area (Å²) in [6.45, 7) is 2.61. The van der Waals surface area contributed by atoms with Crippen LogP contribution in [0.4, 0.5) is 5.69 Å². The molecule has 4 heterocycles. The van der Waals surface area contributed by atoms with Gasteiger partial charge in [-0.1, -0.05) is 18.2 Å². The van der Waals surface area contributed by atoms with E-state index in [9.17, 15) is 15.2 Å². The molecule has 4 rings (SSSR count). The Morgan fingerprint density at radius 2 is 1.11 bits per heavy atom. The summed E-state index contributed by atoms with van der Waals surface area (Å²) in [5.41, 5.74) is 3.17. The highest BCUT2D eigenvalue weighted by Crippen LogP contribution is 2.15. The zero-order valence-corrected chi connectivity index (χ0v) is 20.4. The number of pyridine rings is 4. The Balaban J connectivity index is 1.48. The Morgan fingerprint density at radius 3 is 1.51 bits per heavy atom. The van der Waals surface area contributed by atoms with E-state index in [0.717, 1.165) is 17.1 Å². The van der Waals surface area contributed by atoms with Crippen molar-refractivity contribution in [3.8, 4) is 0 Å². The lowest BCUT2D eigenvalue weighted by molar-refractivity contribution is -0.385. The molecule has 190 valence electrons. The molecule has 0 spiro atoms. The Kier molecular flexibility index (Phi) is 9.30. The van der Waals surface area contributed by atoms with E-state index in [1.807, 2.05) is 59.5 Å². The maximum absolute atomic E-state index is 11.2. The smallest absolute Gasteiger partial charge is 0.272 e. The first kappa shape index (κ1) is 26.0. The van der Waals surface area contributed by atoms with E-state index in [2.05, 4.69) is 24.8 Å². The molecule has 1 unspecified atom stereocenters. The maximum Gasteiger partial charge on any atom is 0.272 e. The summed E-state index contributed by atoms with van der Waals surface area (Å²) >= 11 is 0. The summed E-state index contributed by atoms with van der Waals surface area (Å²) in [7, 11) is 0. The largest absolute Gasteiger partial charge is 0.390 e. The molecular formula is C27H29N7O3. The lowest BCUT2D eigenvalue weighted by atomic mass is 10.2. The van der Waals surface area contributed by atoms with Gasteiger partial charge in [-0.2, -0.15) is 0 Å². The number of aliphatic hydroxyl groups excluding tert-OH is 1. The van der Waals surface area contributed by atoms with Gasteiger partial charge in [0.25, 0.3) is 5.69 Å². The van der Waals surface area contributed by atoms with Crippen LogP contribution >= 0.6 is 0 Å². The summed E-state index contributed by atoms with van der Waals surface area (Å²) < 4.78 is 0. The van der Waals surface area contributed by atoms with Gasteiger partial charge in [-0.3, -0.25) is 39.9 Å². The fraction of sp³-hybridized carbons (Fsp3) is 0.259. The van der Waals surface area contributed by atoms with Crippen molar-refractivity contribution >= 4 is 5.69 Å². The Bertz CT molecular complexity index is 1210. The molecule has 4 aromatic rings. The van der Waals surface area contributed by atoms with Gasteiger partial charge in [0.05, 0.1) is 33.8 Å². The fourth-order valence-corrected chi connectivity index (χ4v) is 4.08. The van der Waals surface area contributed by atoms with E-state index in [4.69, 9.17) is 0 Å². The van der Waals surface area contributed by atoms with Crippen molar-refractivity contribution in [2.24, 2.45) is 0 Å². The summed E-state index contributed by atoms with van der Waals surface area (Å²) in [5, 5.41) is 22.4. The minimum Gasteiger partial charge on any atom is -0.390 e. The molecule has 1 N–H and O–H groups in total. The molecule has 0 saturated carbocycles. The monoisotopic (exact) mass is 499 g/mol. The van der Waals surface area contributed by atoms with E-state index >= 15 is 0 Å². The average molecular weight is 500 g/mol. The fourth-order valence-electron chi connectivity index (χ4n) is 4.08. The van der Waals surface area contributed by atoms with Crippen molar-refractivity contribution < 1.29 is 10.0 Å². The molecule has 0 radical (unpaired) electrons. The molecule has 0 fully saturated rings. The van der Waals surface area contributed by atoms with Crippen LogP contribution in [0.2, 0.25) is 0 Å². The van der Waals surface area contributed by atoms with Crippen molar-refractivity contribution in [3.63, 3.8) is 0 Å². The number of nitrogens with zero attached hydrogens (tertiary/aromatic N) is 7.